The summed E-state index contributed by atoms with van der Waals surface area (Å²) < 4.78 is 20.8. The van der Waals surface area contributed by atoms with Crippen LogP contribution in [0.3, 0.4) is 0 Å². The molecule has 2 aliphatic heterocycles. The van der Waals surface area contributed by atoms with Crippen LogP contribution in [0.25, 0.3) is 17.0 Å². The van der Waals surface area contributed by atoms with E-state index < -0.39 is 0 Å². The van der Waals surface area contributed by atoms with Crippen LogP contribution in [-0.4, -0.2) is 53.0 Å². The Hall–Kier alpha value is -3.13. The van der Waals surface area contributed by atoms with Crippen molar-refractivity contribution < 1.29 is 9.13 Å². The van der Waals surface area contributed by atoms with E-state index in [2.05, 4.69) is 21.2 Å². The van der Waals surface area contributed by atoms with E-state index in [-0.39, 0.29) is 22.8 Å². The Bertz CT molecular complexity index is 1260. The molecule has 5 rings (SSSR count). The number of para-hydroxylation sites is 1. The number of benzene rings is 2. The highest BCUT2D eigenvalue weighted by Gasteiger charge is 2.29. The number of aromatic nitrogens is 3. The third-order valence-electron chi connectivity index (χ3n) is 5.59. The smallest absolute Gasteiger partial charge is 0.232 e. The van der Waals surface area contributed by atoms with Gasteiger partial charge in [0, 0.05) is 25.5 Å². The topological polar surface area (TPSA) is 70.2 Å². The van der Waals surface area contributed by atoms with Crippen LogP contribution in [0.5, 0.6) is 0 Å². The quantitative estimate of drug-likeness (QED) is 0.444. The van der Waals surface area contributed by atoms with E-state index in [4.69, 9.17) is 4.74 Å². The van der Waals surface area contributed by atoms with Crippen molar-refractivity contribution in [3.05, 3.63) is 82.2 Å². The lowest BCUT2D eigenvalue weighted by molar-refractivity contribution is 0.122. The molecule has 0 bridgehead atoms. The standard InChI is InChI=1S/C24H21FN6OS.BrH/c1-29-21(17-7-9-18(25)10-8-17)16-33-23(29)20(15-26)22-27-28-24(30-11-13-32-14-12-30)31(22)19-5-3-2-4-6-19;/h2-10,16H,11-14H2,1H3;1H. The molecule has 3 aromatic rings. The first kappa shape index (κ1) is 24.0. The summed E-state index contributed by atoms with van der Waals surface area (Å²) in [4.78, 5) is 4.06. The molecule has 1 fully saturated rings. The monoisotopic (exact) mass is 540 g/mol. The molecule has 0 spiro atoms. The number of hydrogen-bond donors (Lipinski definition) is 0. The number of halogens is 2. The van der Waals surface area contributed by atoms with E-state index in [0.717, 1.165) is 22.0 Å². The van der Waals surface area contributed by atoms with Crippen molar-refractivity contribution in [3.8, 4) is 11.8 Å². The molecule has 1 aromatic heterocycles. The highest BCUT2D eigenvalue weighted by Crippen LogP contribution is 2.42. The third kappa shape index (κ3) is 4.46. The second-order valence-corrected chi connectivity index (χ2v) is 8.43. The summed E-state index contributed by atoms with van der Waals surface area (Å²) in [6, 6.07) is 18.5. The highest BCUT2D eigenvalue weighted by atomic mass is 79.9. The summed E-state index contributed by atoms with van der Waals surface area (Å²) in [7, 11) is 1.90. The van der Waals surface area contributed by atoms with Gasteiger partial charge >= 0.3 is 0 Å². The predicted molar refractivity (Wildman–Crippen MR) is 137 cm³/mol. The number of hydrogen-bond acceptors (Lipinski definition) is 7. The van der Waals surface area contributed by atoms with E-state index in [1.54, 1.807) is 12.1 Å². The van der Waals surface area contributed by atoms with Crippen LogP contribution in [0, 0.1) is 17.1 Å². The van der Waals surface area contributed by atoms with Gasteiger partial charge < -0.3 is 14.5 Å². The van der Waals surface area contributed by atoms with Gasteiger partial charge in [0.15, 0.2) is 5.82 Å². The Balaban J connectivity index is 0.00000274. The molecule has 34 heavy (non-hydrogen) atoms. The third-order valence-corrected chi connectivity index (χ3v) is 6.63. The first-order chi connectivity index (χ1) is 16.2. The number of nitriles is 1. The van der Waals surface area contributed by atoms with Crippen molar-refractivity contribution >= 4 is 46.0 Å². The summed E-state index contributed by atoms with van der Waals surface area (Å²) >= 11 is 1.45. The van der Waals surface area contributed by atoms with Gasteiger partial charge in [0.05, 0.1) is 24.6 Å². The summed E-state index contributed by atoms with van der Waals surface area (Å²) in [5, 5.41) is 21.9. The van der Waals surface area contributed by atoms with Gasteiger partial charge in [-0.15, -0.1) is 27.2 Å². The Morgan fingerprint density at radius 2 is 1.76 bits per heavy atom. The largest absolute Gasteiger partial charge is 0.378 e. The minimum Gasteiger partial charge on any atom is -0.378 e. The number of morpholine rings is 1. The predicted octanol–water partition coefficient (Wildman–Crippen LogP) is 4.69. The fourth-order valence-electron chi connectivity index (χ4n) is 3.90. The first-order valence-electron chi connectivity index (χ1n) is 10.5. The highest BCUT2D eigenvalue weighted by molar-refractivity contribution is 8.93. The molecule has 2 aliphatic rings. The van der Waals surface area contributed by atoms with Crippen LogP contribution in [-0.2, 0) is 4.74 Å². The van der Waals surface area contributed by atoms with Gasteiger partial charge in [0.25, 0.3) is 0 Å². The number of rotatable bonds is 4. The Morgan fingerprint density at radius 1 is 1.06 bits per heavy atom. The molecule has 1 saturated heterocycles. The maximum Gasteiger partial charge on any atom is 0.232 e. The molecule has 0 aliphatic carbocycles. The van der Waals surface area contributed by atoms with Gasteiger partial charge in [0.2, 0.25) is 5.95 Å². The average molecular weight is 541 g/mol. The lowest BCUT2D eigenvalue weighted by atomic mass is 10.1. The Morgan fingerprint density at radius 3 is 2.44 bits per heavy atom. The van der Waals surface area contributed by atoms with Gasteiger partial charge in [-0.25, -0.2) is 4.39 Å². The molecule has 0 unspecified atom stereocenters. The number of ether oxygens (including phenoxy) is 1. The lowest BCUT2D eigenvalue weighted by Gasteiger charge is -2.28. The van der Waals surface area contributed by atoms with E-state index in [9.17, 15) is 9.65 Å². The molecule has 10 heteroatoms. The van der Waals surface area contributed by atoms with Gasteiger partial charge in [-0.1, -0.05) is 30.0 Å². The molecule has 0 N–H and O–H groups in total. The SMILES string of the molecule is Br.CN1C(c2ccc(F)cc2)=CSC1=C(C#N)c1nnc(N2CCOCC2)n1-c1ccccc1. The number of allylic oxidation sites excluding steroid dienone is 1. The normalized spacial score (nSPS) is 17.1. The molecule has 7 nitrogen and oxygen atoms in total. The number of nitrogens with zero attached hydrogens (tertiary/aromatic N) is 6. The molecular formula is C24H22BrFN6OS. The van der Waals surface area contributed by atoms with Crippen LogP contribution in [0.4, 0.5) is 10.3 Å². The minimum absolute atomic E-state index is 0. The lowest BCUT2D eigenvalue weighted by Crippen LogP contribution is -2.38. The summed E-state index contributed by atoms with van der Waals surface area (Å²) in [5.74, 6) is 0.881. The van der Waals surface area contributed by atoms with Crippen LogP contribution in [0.2, 0.25) is 0 Å². The molecule has 174 valence electrons. The molecule has 0 amide bonds. The van der Waals surface area contributed by atoms with E-state index >= 15 is 0 Å². The molecule has 3 heterocycles. The van der Waals surface area contributed by atoms with Crippen molar-refractivity contribution in [2.24, 2.45) is 0 Å². The van der Waals surface area contributed by atoms with Gasteiger partial charge in [-0.2, -0.15) is 5.26 Å². The van der Waals surface area contributed by atoms with Gasteiger partial charge in [0.1, 0.15) is 22.5 Å². The molecular weight excluding hydrogens is 519 g/mol. The number of anilines is 1. The van der Waals surface area contributed by atoms with Crippen molar-refractivity contribution in [3.63, 3.8) is 0 Å². The average Bonchev–Trinajstić information content (AvgIpc) is 3.46. The fraction of sp³-hybridized carbons (Fsp3) is 0.208. The van der Waals surface area contributed by atoms with Crippen LogP contribution in [0.15, 0.2) is 65.0 Å². The first-order valence-corrected chi connectivity index (χ1v) is 11.4. The summed E-state index contributed by atoms with van der Waals surface area (Å²) in [6.07, 6.45) is 0. The van der Waals surface area contributed by atoms with Crippen molar-refractivity contribution in [2.75, 3.05) is 38.3 Å². The second kappa shape index (κ2) is 10.4. The minimum atomic E-state index is -0.285. The summed E-state index contributed by atoms with van der Waals surface area (Å²) in [6.45, 7) is 2.64. The van der Waals surface area contributed by atoms with Crippen molar-refractivity contribution in [1.29, 1.82) is 5.26 Å². The zero-order valence-electron chi connectivity index (χ0n) is 18.4. The fourth-order valence-corrected chi connectivity index (χ4v) is 4.93. The molecule has 2 aromatic carbocycles. The van der Waals surface area contributed by atoms with Crippen LogP contribution < -0.4 is 4.90 Å². The van der Waals surface area contributed by atoms with E-state index in [1.165, 1.54) is 23.9 Å². The maximum absolute atomic E-state index is 13.4. The maximum atomic E-state index is 13.4. The zero-order chi connectivity index (χ0) is 22.8. The van der Waals surface area contributed by atoms with Crippen LogP contribution in [0.1, 0.15) is 11.4 Å². The number of thioether (sulfide) groups is 1. The zero-order valence-corrected chi connectivity index (χ0v) is 20.9. The molecule has 0 saturated carbocycles. The Labute approximate surface area is 211 Å². The summed E-state index contributed by atoms with van der Waals surface area (Å²) in [5.41, 5.74) is 3.07. The van der Waals surface area contributed by atoms with Gasteiger partial charge in [-0.05, 0) is 42.0 Å². The van der Waals surface area contributed by atoms with Crippen molar-refractivity contribution in [2.45, 2.75) is 0 Å². The van der Waals surface area contributed by atoms with E-state index in [0.29, 0.717) is 43.6 Å². The van der Waals surface area contributed by atoms with E-state index in [1.807, 2.05) is 52.3 Å². The molecule has 0 radical (unpaired) electrons. The Kier molecular flexibility index (Phi) is 7.36. The molecule has 0 atom stereocenters. The second-order valence-electron chi connectivity index (χ2n) is 7.57. The van der Waals surface area contributed by atoms with Crippen molar-refractivity contribution in [1.82, 2.24) is 19.7 Å². The van der Waals surface area contributed by atoms with Crippen LogP contribution >= 0.6 is 28.7 Å². The van der Waals surface area contributed by atoms with Gasteiger partial charge in [-0.3, -0.25) is 4.57 Å².